The van der Waals surface area contributed by atoms with Gasteiger partial charge in [0.05, 0.1) is 10.1 Å². The monoisotopic (exact) mass is 475 g/mol. The molecule has 0 radical (unpaired) electrons. The average Bonchev–Trinajstić information content (AvgIpc) is 3.55. The molecule has 0 amide bonds. The Bertz CT molecular complexity index is 1270. The Balaban J connectivity index is 1.55. The molecule has 0 saturated carbocycles. The molecule has 2 unspecified atom stereocenters. The van der Waals surface area contributed by atoms with E-state index in [9.17, 15) is 8.42 Å². The normalized spacial score (nSPS) is 20.0. The van der Waals surface area contributed by atoms with Gasteiger partial charge in [0.2, 0.25) is 11.8 Å². The van der Waals surface area contributed by atoms with Gasteiger partial charge in [-0.15, -0.1) is 0 Å². The van der Waals surface area contributed by atoms with E-state index in [1.54, 1.807) is 13.8 Å². The first-order valence-corrected chi connectivity index (χ1v) is 12.7. The fraction of sp³-hybridized carbons (Fsp3) is 0.269. The summed E-state index contributed by atoms with van der Waals surface area (Å²) in [7, 11) is -3.57. The van der Waals surface area contributed by atoms with Gasteiger partial charge in [0.15, 0.2) is 9.84 Å². The van der Waals surface area contributed by atoms with Crippen molar-refractivity contribution in [3.05, 3.63) is 95.3 Å². The van der Waals surface area contributed by atoms with Gasteiger partial charge in [-0.1, -0.05) is 60.7 Å². The van der Waals surface area contributed by atoms with Crippen LogP contribution in [0.5, 0.6) is 0 Å². The summed E-state index contributed by atoms with van der Waals surface area (Å²) in [6.45, 7) is 4.04. The second-order valence-electron chi connectivity index (χ2n) is 8.51. The Morgan fingerprint density at radius 3 is 1.62 bits per heavy atom. The molecule has 3 heterocycles. The summed E-state index contributed by atoms with van der Waals surface area (Å²) in [5.41, 5.74) is 2.75. The first kappa shape index (κ1) is 22.3. The van der Waals surface area contributed by atoms with Crippen LogP contribution in [0.4, 0.5) is 0 Å². The third-order valence-electron chi connectivity index (χ3n) is 5.86. The largest absolute Gasteiger partial charge is 0.474 e. The Labute approximate surface area is 199 Å². The van der Waals surface area contributed by atoms with E-state index in [1.807, 2.05) is 60.7 Å². The third kappa shape index (κ3) is 4.33. The van der Waals surface area contributed by atoms with E-state index in [-0.39, 0.29) is 17.0 Å². The zero-order valence-corrected chi connectivity index (χ0v) is 19.8. The lowest BCUT2D eigenvalue weighted by molar-refractivity contribution is 0.317. The van der Waals surface area contributed by atoms with Gasteiger partial charge in [-0.2, -0.15) is 0 Å². The molecule has 34 heavy (non-hydrogen) atoms. The van der Waals surface area contributed by atoms with Crippen LogP contribution in [0, 0.1) is 0 Å². The predicted octanol–water partition coefficient (Wildman–Crippen LogP) is 4.30. The molecule has 1 aromatic heterocycles. The van der Waals surface area contributed by atoms with Crippen molar-refractivity contribution in [2.45, 2.75) is 36.1 Å². The summed E-state index contributed by atoms with van der Waals surface area (Å²) in [6, 6.07) is 22.4. The van der Waals surface area contributed by atoms with Gasteiger partial charge in [-0.25, -0.2) is 23.4 Å². The lowest BCUT2D eigenvalue weighted by atomic mass is 10.1. The molecule has 2 aliphatic rings. The summed E-state index contributed by atoms with van der Waals surface area (Å²) in [4.78, 5) is 14.2. The van der Waals surface area contributed by atoms with E-state index in [4.69, 9.17) is 9.47 Å². The number of sulfone groups is 1. The van der Waals surface area contributed by atoms with Crippen LogP contribution in [0.2, 0.25) is 0 Å². The lowest BCUT2D eigenvalue weighted by Crippen LogP contribution is -2.18. The number of hydrogen-bond donors (Lipinski definition) is 0. The van der Waals surface area contributed by atoms with Crippen LogP contribution in [-0.4, -0.2) is 43.7 Å². The molecule has 0 aliphatic carbocycles. The van der Waals surface area contributed by atoms with Crippen molar-refractivity contribution in [3.8, 4) is 0 Å². The fourth-order valence-electron chi connectivity index (χ4n) is 3.88. The SMILES string of the molecule is CC(C)S(=O)(=O)c1cc(C2=NC(c3ccccc3)CO2)nc(C2=NC(c3ccccc3)CO2)c1. The quantitative estimate of drug-likeness (QED) is 0.530. The number of rotatable bonds is 6. The first-order valence-electron chi connectivity index (χ1n) is 11.2. The van der Waals surface area contributed by atoms with E-state index in [2.05, 4.69) is 15.0 Å². The highest BCUT2D eigenvalue weighted by Crippen LogP contribution is 2.28. The molecule has 0 saturated heterocycles. The molecule has 174 valence electrons. The van der Waals surface area contributed by atoms with Gasteiger partial charge >= 0.3 is 0 Å². The number of aliphatic imine (C=N–C) groups is 2. The van der Waals surface area contributed by atoms with E-state index in [1.165, 1.54) is 12.1 Å². The summed E-state index contributed by atoms with van der Waals surface area (Å²) >= 11 is 0. The molecule has 2 aliphatic heterocycles. The van der Waals surface area contributed by atoms with Crippen LogP contribution >= 0.6 is 0 Å². The predicted molar refractivity (Wildman–Crippen MR) is 130 cm³/mol. The van der Waals surface area contributed by atoms with Crippen molar-refractivity contribution in [3.63, 3.8) is 0 Å². The highest BCUT2D eigenvalue weighted by molar-refractivity contribution is 7.92. The molecular weight excluding hydrogens is 450 g/mol. The highest BCUT2D eigenvalue weighted by atomic mass is 32.2. The molecule has 5 rings (SSSR count). The van der Waals surface area contributed by atoms with E-state index >= 15 is 0 Å². The van der Waals surface area contributed by atoms with Crippen molar-refractivity contribution >= 4 is 21.6 Å². The van der Waals surface area contributed by atoms with Gasteiger partial charge in [0.25, 0.3) is 0 Å². The maximum absolute atomic E-state index is 13.0. The summed E-state index contributed by atoms with van der Waals surface area (Å²) in [5, 5.41) is -0.595. The average molecular weight is 476 g/mol. The van der Waals surface area contributed by atoms with Gasteiger partial charge in [0, 0.05) is 0 Å². The van der Waals surface area contributed by atoms with Crippen LogP contribution in [0.15, 0.2) is 87.7 Å². The Kier molecular flexibility index (Phi) is 5.91. The minimum absolute atomic E-state index is 0.145. The van der Waals surface area contributed by atoms with Gasteiger partial charge in [-0.3, -0.25) is 0 Å². The number of aromatic nitrogens is 1. The van der Waals surface area contributed by atoms with Crippen LogP contribution in [-0.2, 0) is 19.3 Å². The summed E-state index contributed by atoms with van der Waals surface area (Å²) in [6.07, 6.45) is 0. The van der Waals surface area contributed by atoms with E-state index in [0.717, 1.165) is 11.1 Å². The number of hydrogen-bond acceptors (Lipinski definition) is 7. The Hall–Kier alpha value is -3.52. The number of nitrogens with zero attached hydrogens (tertiary/aromatic N) is 3. The van der Waals surface area contributed by atoms with Crippen LogP contribution in [0.3, 0.4) is 0 Å². The van der Waals surface area contributed by atoms with Crippen molar-refractivity contribution < 1.29 is 17.9 Å². The number of benzene rings is 2. The highest BCUT2D eigenvalue weighted by Gasteiger charge is 2.29. The van der Waals surface area contributed by atoms with Crippen LogP contribution in [0.1, 0.15) is 48.4 Å². The topological polar surface area (TPSA) is 90.2 Å². The molecule has 2 atom stereocenters. The maximum atomic E-state index is 13.0. The van der Waals surface area contributed by atoms with Gasteiger partial charge < -0.3 is 9.47 Å². The van der Waals surface area contributed by atoms with Gasteiger partial charge in [0.1, 0.15) is 36.7 Å². The summed E-state index contributed by atoms with van der Waals surface area (Å²) < 4.78 is 37.8. The minimum Gasteiger partial charge on any atom is -0.474 e. The number of pyridine rings is 1. The number of ether oxygens (including phenoxy) is 2. The molecule has 0 bridgehead atoms. The van der Waals surface area contributed by atoms with Crippen molar-refractivity contribution in [1.82, 2.24) is 4.98 Å². The molecule has 3 aromatic rings. The molecule has 2 aromatic carbocycles. The Morgan fingerprint density at radius 1 is 0.765 bits per heavy atom. The smallest absolute Gasteiger partial charge is 0.236 e. The van der Waals surface area contributed by atoms with Crippen molar-refractivity contribution in [2.75, 3.05) is 13.2 Å². The fourth-order valence-corrected chi connectivity index (χ4v) is 4.98. The van der Waals surface area contributed by atoms with Crippen LogP contribution < -0.4 is 0 Å². The third-order valence-corrected chi connectivity index (χ3v) is 7.99. The maximum Gasteiger partial charge on any atom is 0.236 e. The zero-order valence-electron chi connectivity index (χ0n) is 19.0. The Morgan fingerprint density at radius 2 is 1.21 bits per heavy atom. The molecule has 7 nitrogen and oxygen atoms in total. The molecule has 8 heteroatoms. The van der Waals surface area contributed by atoms with Crippen molar-refractivity contribution in [2.24, 2.45) is 9.98 Å². The second-order valence-corrected chi connectivity index (χ2v) is 11.0. The van der Waals surface area contributed by atoms with Crippen LogP contribution in [0.25, 0.3) is 0 Å². The molecule has 0 N–H and O–H groups in total. The zero-order chi connectivity index (χ0) is 23.7. The summed E-state index contributed by atoms with van der Waals surface area (Å²) in [5.74, 6) is 0.628. The second kappa shape index (κ2) is 9.02. The molecule has 0 fully saturated rings. The molecular formula is C26H25N3O4S. The van der Waals surface area contributed by atoms with Crippen molar-refractivity contribution in [1.29, 1.82) is 0 Å². The van der Waals surface area contributed by atoms with Gasteiger partial charge in [-0.05, 0) is 37.1 Å². The van der Waals surface area contributed by atoms with E-state index in [0.29, 0.717) is 36.4 Å². The molecule has 0 spiro atoms. The van der Waals surface area contributed by atoms with E-state index < -0.39 is 15.1 Å². The standard InChI is InChI=1S/C26H25N3O4S/c1-17(2)34(30,31)20-13-21(25-28-23(15-32-25)18-9-5-3-6-10-18)27-22(14-20)26-29-24(16-33-26)19-11-7-4-8-12-19/h3-14,17,23-24H,15-16H2,1-2H3. The lowest BCUT2D eigenvalue weighted by Gasteiger charge is -2.11. The first-order chi connectivity index (χ1) is 16.4. The minimum atomic E-state index is -3.57.